The Morgan fingerprint density at radius 3 is 2.33 bits per heavy atom. The van der Waals surface area contributed by atoms with Gasteiger partial charge in [0.05, 0.1) is 0 Å². The van der Waals surface area contributed by atoms with E-state index >= 15 is 0 Å². The van der Waals surface area contributed by atoms with Crippen LogP contribution in [0.3, 0.4) is 0 Å². The van der Waals surface area contributed by atoms with Gasteiger partial charge in [-0.15, -0.1) is 0 Å². The molecule has 0 saturated heterocycles. The van der Waals surface area contributed by atoms with Crippen LogP contribution in [0.4, 0.5) is 0 Å². The van der Waals surface area contributed by atoms with Crippen molar-refractivity contribution < 1.29 is 13.3 Å². The molecule has 0 aliphatic heterocycles. The minimum absolute atomic E-state index is 0.843. The smallest absolute Gasteiger partial charge is 0.377 e. The summed E-state index contributed by atoms with van der Waals surface area (Å²) in [4.78, 5) is 3.17. The minimum atomic E-state index is -2.36. The summed E-state index contributed by atoms with van der Waals surface area (Å²) in [6.45, 7) is 0. The lowest BCUT2D eigenvalue weighted by Crippen LogP contribution is -2.42. The molecule has 86 valence electrons. The molecule has 0 saturated carbocycles. The molecule has 1 aromatic heterocycles. The first-order valence-corrected chi connectivity index (χ1v) is 6.97. The number of rotatable bonds is 7. The standard InChI is InChI=1S/C10H19NO3Si/c1-12-15(13-2,14-3)9-5-7-10-6-4-8-11-10/h4,6,8,11H,5,7,9H2,1-3H3. The predicted molar refractivity (Wildman–Crippen MR) is 60.7 cm³/mol. The van der Waals surface area contributed by atoms with Crippen molar-refractivity contribution in [1.82, 2.24) is 4.98 Å². The van der Waals surface area contributed by atoms with Crippen LogP contribution in [0.5, 0.6) is 0 Å². The Kier molecular flexibility index (Phi) is 5.03. The maximum absolute atomic E-state index is 5.34. The van der Waals surface area contributed by atoms with Gasteiger partial charge in [0, 0.05) is 39.3 Å². The topological polar surface area (TPSA) is 43.5 Å². The number of H-pyrrole nitrogens is 1. The average molecular weight is 229 g/mol. The summed E-state index contributed by atoms with van der Waals surface area (Å²) < 4.78 is 16.0. The largest absolute Gasteiger partial charge is 0.500 e. The summed E-state index contributed by atoms with van der Waals surface area (Å²) >= 11 is 0. The fourth-order valence-electron chi connectivity index (χ4n) is 1.57. The van der Waals surface area contributed by atoms with Crippen LogP contribution in [-0.4, -0.2) is 35.1 Å². The molecule has 15 heavy (non-hydrogen) atoms. The van der Waals surface area contributed by atoms with Gasteiger partial charge in [-0.25, -0.2) is 0 Å². The highest BCUT2D eigenvalue weighted by atomic mass is 28.4. The molecular weight excluding hydrogens is 210 g/mol. The number of hydrogen-bond acceptors (Lipinski definition) is 3. The van der Waals surface area contributed by atoms with Crippen molar-refractivity contribution in [3.05, 3.63) is 24.0 Å². The molecule has 0 aliphatic carbocycles. The van der Waals surface area contributed by atoms with Crippen LogP contribution < -0.4 is 0 Å². The predicted octanol–water partition coefficient (Wildman–Crippen LogP) is 1.83. The Morgan fingerprint density at radius 2 is 1.87 bits per heavy atom. The van der Waals surface area contributed by atoms with Crippen molar-refractivity contribution in [3.63, 3.8) is 0 Å². The summed E-state index contributed by atoms with van der Waals surface area (Å²) in [6, 6.07) is 4.92. The number of hydrogen-bond donors (Lipinski definition) is 1. The molecule has 0 fully saturated rings. The molecule has 0 aromatic carbocycles. The van der Waals surface area contributed by atoms with Crippen LogP contribution in [0.25, 0.3) is 0 Å². The minimum Gasteiger partial charge on any atom is -0.377 e. The first-order valence-electron chi connectivity index (χ1n) is 5.04. The summed E-state index contributed by atoms with van der Waals surface area (Å²) in [5.41, 5.74) is 1.24. The van der Waals surface area contributed by atoms with Crippen molar-refractivity contribution in [2.75, 3.05) is 21.3 Å². The van der Waals surface area contributed by atoms with Crippen molar-refractivity contribution in [1.29, 1.82) is 0 Å². The third kappa shape index (κ3) is 3.46. The molecular formula is C10H19NO3Si. The Bertz CT molecular complexity index is 251. The van der Waals surface area contributed by atoms with Gasteiger partial charge < -0.3 is 18.3 Å². The third-order valence-corrected chi connectivity index (χ3v) is 5.36. The molecule has 0 unspecified atom stereocenters. The molecule has 0 bridgehead atoms. The quantitative estimate of drug-likeness (QED) is 0.725. The van der Waals surface area contributed by atoms with Gasteiger partial charge in [0.15, 0.2) is 0 Å². The second kappa shape index (κ2) is 6.07. The number of nitrogens with one attached hydrogen (secondary N) is 1. The zero-order valence-corrected chi connectivity index (χ0v) is 10.6. The van der Waals surface area contributed by atoms with Gasteiger partial charge in [-0.05, 0) is 25.0 Å². The van der Waals surface area contributed by atoms with Crippen molar-refractivity contribution in [2.24, 2.45) is 0 Å². The van der Waals surface area contributed by atoms with Gasteiger partial charge in [-0.1, -0.05) is 0 Å². The van der Waals surface area contributed by atoms with Crippen molar-refractivity contribution in [2.45, 2.75) is 18.9 Å². The maximum Gasteiger partial charge on any atom is 0.500 e. The Hall–Kier alpha value is -0.623. The van der Waals surface area contributed by atoms with Gasteiger partial charge in [-0.2, -0.15) is 0 Å². The van der Waals surface area contributed by atoms with E-state index < -0.39 is 8.80 Å². The van der Waals surface area contributed by atoms with Crippen LogP contribution in [0, 0.1) is 0 Å². The molecule has 5 heteroatoms. The normalized spacial score (nSPS) is 11.9. The van der Waals surface area contributed by atoms with Crippen LogP contribution in [0.1, 0.15) is 12.1 Å². The highest BCUT2D eigenvalue weighted by Gasteiger charge is 2.36. The van der Waals surface area contributed by atoms with E-state index in [1.807, 2.05) is 12.3 Å². The number of aryl methyl sites for hydroxylation is 1. The second-order valence-corrected chi connectivity index (χ2v) is 6.44. The molecule has 1 N–H and O–H groups in total. The van der Waals surface area contributed by atoms with Crippen molar-refractivity contribution in [3.8, 4) is 0 Å². The molecule has 0 spiro atoms. The Balaban J connectivity index is 2.34. The summed E-state index contributed by atoms with van der Waals surface area (Å²) in [5, 5.41) is 0. The van der Waals surface area contributed by atoms with Gasteiger partial charge in [-0.3, -0.25) is 0 Å². The van der Waals surface area contributed by atoms with Crippen LogP contribution in [0.2, 0.25) is 6.04 Å². The average Bonchev–Trinajstić information content (AvgIpc) is 2.78. The van der Waals surface area contributed by atoms with Gasteiger partial charge >= 0.3 is 8.80 Å². The third-order valence-electron chi connectivity index (χ3n) is 2.52. The molecule has 1 aromatic rings. The summed E-state index contributed by atoms with van der Waals surface area (Å²) in [6.07, 6.45) is 3.93. The van der Waals surface area contributed by atoms with Gasteiger partial charge in [0.25, 0.3) is 0 Å². The highest BCUT2D eigenvalue weighted by Crippen LogP contribution is 2.16. The first-order chi connectivity index (χ1) is 7.26. The Morgan fingerprint density at radius 1 is 1.20 bits per heavy atom. The van der Waals surface area contributed by atoms with Crippen molar-refractivity contribution >= 4 is 8.80 Å². The van der Waals surface area contributed by atoms with Gasteiger partial charge in [0.2, 0.25) is 0 Å². The highest BCUT2D eigenvalue weighted by molar-refractivity contribution is 6.60. The fraction of sp³-hybridized carbons (Fsp3) is 0.600. The monoisotopic (exact) mass is 229 g/mol. The van der Waals surface area contributed by atoms with E-state index in [0.717, 1.165) is 18.9 Å². The molecule has 0 atom stereocenters. The van der Waals surface area contributed by atoms with E-state index in [9.17, 15) is 0 Å². The van der Waals surface area contributed by atoms with E-state index in [1.54, 1.807) is 21.3 Å². The van der Waals surface area contributed by atoms with Crippen LogP contribution in [-0.2, 0) is 19.7 Å². The number of aromatic nitrogens is 1. The van der Waals surface area contributed by atoms with Crippen LogP contribution >= 0.6 is 0 Å². The molecule has 4 nitrogen and oxygen atoms in total. The molecule has 1 rings (SSSR count). The Labute approximate surface area is 91.9 Å². The van der Waals surface area contributed by atoms with E-state index in [0.29, 0.717) is 0 Å². The second-order valence-electron chi connectivity index (χ2n) is 3.34. The molecule has 0 amide bonds. The number of aromatic amines is 1. The molecule has 1 heterocycles. The lowest BCUT2D eigenvalue weighted by atomic mass is 10.3. The van der Waals surface area contributed by atoms with E-state index in [2.05, 4.69) is 11.1 Å². The SMILES string of the molecule is CO[Si](CCCc1ccc[nH]1)(OC)OC. The fourth-order valence-corrected chi connectivity index (χ4v) is 3.30. The summed E-state index contributed by atoms with van der Waals surface area (Å²) in [5.74, 6) is 0. The van der Waals surface area contributed by atoms with Crippen LogP contribution in [0.15, 0.2) is 18.3 Å². The maximum atomic E-state index is 5.34. The first kappa shape index (κ1) is 12.4. The van der Waals surface area contributed by atoms with E-state index in [4.69, 9.17) is 13.3 Å². The zero-order chi connectivity index (χ0) is 11.1. The zero-order valence-electron chi connectivity index (χ0n) is 9.58. The van der Waals surface area contributed by atoms with Gasteiger partial charge in [0.1, 0.15) is 0 Å². The summed E-state index contributed by atoms with van der Waals surface area (Å²) in [7, 11) is 2.58. The van der Waals surface area contributed by atoms with E-state index in [1.165, 1.54) is 5.69 Å². The lowest BCUT2D eigenvalue weighted by Gasteiger charge is -2.24. The molecule has 0 aliphatic rings. The molecule has 0 radical (unpaired) electrons. The van der Waals surface area contributed by atoms with E-state index in [-0.39, 0.29) is 0 Å². The lowest BCUT2D eigenvalue weighted by molar-refractivity contribution is 0.123.